The molecule has 3 aromatic heterocycles. The Bertz CT molecular complexity index is 1070. The molecule has 0 radical (unpaired) electrons. The van der Waals surface area contributed by atoms with Crippen molar-refractivity contribution in [3.05, 3.63) is 71.9 Å². The fraction of sp³-hybridized carbons (Fsp3) is 0.111. The molecule has 1 N–H and O–H groups in total. The van der Waals surface area contributed by atoms with Crippen LogP contribution in [-0.4, -0.2) is 30.3 Å². The summed E-state index contributed by atoms with van der Waals surface area (Å²) in [4.78, 5) is 13.0. The number of oxime groups is 1. The Labute approximate surface area is 138 Å². The topological polar surface area (TPSA) is 75.7 Å². The van der Waals surface area contributed by atoms with Gasteiger partial charge in [-0.05, 0) is 30.7 Å². The van der Waals surface area contributed by atoms with Crippen LogP contribution in [0.1, 0.15) is 23.7 Å². The third kappa shape index (κ3) is 2.48. The van der Waals surface area contributed by atoms with Crippen LogP contribution in [0.4, 0.5) is 0 Å². The summed E-state index contributed by atoms with van der Waals surface area (Å²) < 4.78 is 1.93. The predicted octanol–water partition coefficient (Wildman–Crippen LogP) is 3.07. The van der Waals surface area contributed by atoms with Crippen molar-refractivity contribution in [2.24, 2.45) is 5.16 Å². The van der Waals surface area contributed by atoms with Crippen molar-refractivity contribution >= 4 is 22.4 Å². The lowest BCUT2D eigenvalue weighted by atomic mass is 10.1. The van der Waals surface area contributed by atoms with Crippen molar-refractivity contribution in [3.63, 3.8) is 0 Å². The molecule has 0 aliphatic heterocycles. The van der Waals surface area contributed by atoms with Crippen LogP contribution < -0.4 is 0 Å². The fourth-order valence-electron chi connectivity index (χ4n) is 2.74. The Balaban J connectivity index is 1.75. The molecule has 0 amide bonds. The summed E-state index contributed by atoms with van der Waals surface area (Å²) in [6, 6.07) is 10.2. The first-order chi connectivity index (χ1) is 11.7. The molecule has 1 aromatic carbocycles. The third-order valence-corrected chi connectivity index (χ3v) is 4.06. The average Bonchev–Trinajstić information content (AvgIpc) is 3.03. The molecular formula is C18H15N5O. The number of hydrogen-bond acceptors (Lipinski definition) is 5. The highest BCUT2D eigenvalue weighted by Gasteiger charge is 2.08. The van der Waals surface area contributed by atoms with E-state index in [-0.39, 0.29) is 0 Å². The van der Waals surface area contributed by atoms with Gasteiger partial charge in [-0.25, -0.2) is 9.97 Å². The number of fused-ring (bicyclic) bond motifs is 2. The van der Waals surface area contributed by atoms with Crippen molar-refractivity contribution in [1.29, 1.82) is 0 Å². The van der Waals surface area contributed by atoms with Gasteiger partial charge in [-0.1, -0.05) is 17.3 Å². The van der Waals surface area contributed by atoms with Crippen LogP contribution in [0.3, 0.4) is 0 Å². The zero-order valence-corrected chi connectivity index (χ0v) is 13.1. The largest absolute Gasteiger partial charge is 0.411 e. The second-order valence-electron chi connectivity index (χ2n) is 5.65. The lowest BCUT2D eigenvalue weighted by molar-refractivity contribution is 0.319. The minimum atomic E-state index is 0.515. The molecule has 0 aliphatic rings. The van der Waals surface area contributed by atoms with Gasteiger partial charge in [-0.3, -0.25) is 9.38 Å². The first kappa shape index (κ1) is 14.3. The molecule has 118 valence electrons. The van der Waals surface area contributed by atoms with Crippen LogP contribution in [0, 0.1) is 0 Å². The molecule has 4 rings (SSSR count). The number of aromatic nitrogens is 4. The molecule has 0 atom stereocenters. The van der Waals surface area contributed by atoms with Gasteiger partial charge in [-0.2, -0.15) is 0 Å². The molecular weight excluding hydrogens is 302 g/mol. The number of benzene rings is 1. The highest BCUT2D eigenvalue weighted by molar-refractivity contribution is 5.97. The lowest BCUT2D eigenvalue weighted by Gasteiger charge is -2.05. The Morgan fingerprint density at radius 2 is 2.04 bits per heavy atom. The molecule has 0 spiro atoms. The summed E-state index contributed by atoms with van der Waals surface area (Å²) in [6.07, 6.45) is 7.90. The minimum Gasteiger partial charge on any atom is -0.411 e. The molecule has 4 aromatic rings. The SMILES string of the molecule is C/C(=N\O)c1cnc2ncc(Cc3ccc4ncccc4c3)n2c1. The van der Waals surface area contributed by atoms with Gasteiger partial charge in [0.05, 0.1) is 17.4 Å². The van der Waals surface area contributed by atoms with E-state index in [0.717, 1.165) is 28.6 Å². The van der Waals surface area contributed by atoms with Crippen LogP contribution in [-0.2, 0) is 6.42 Å². The predicted molar refractivity (Wildman–Crippen MR) is 91.5 cm³/mol. The molecule has 0 saturated heterocycles. The van der Waals surface area contributed by atoms with Crippen LogP contribution in [0.2, 0.25) is 0 Å². The van der Waals surface area contributed by atoms with Crippen molar-refractivity contribution in [1.82, 2.24) is 19.4 Å². The Morgan fingerprint density at radius 1 is 1.17 bits per heavy atom. The van der Waals surface area contributed by atoms with E-state index in [2.05, 4.69) is 38.3 Å². The standard InChI is InChI=1S/C18H15N5O/c1-12(22-24)15-9-20-18-21-10-16(23(18)11-15)8-13-4-5-17-14(7-13)3-2-6-19-17/h2-7,9-11,24H,8H2,1H3/b22-12+. The van der Waals surface area contributed by atoms with Crippen molar-refractivity contribution < 1.29 is 5.21 Å². The first-order valence-corrected chi connectivity index (χ1v) is 7.59. The lowest BCUT2D eigenvalue weighted by Crippen LogP contribution is -2.02. The summed E-state index contributed by atoms with van der Waals surface area (Å²) in [7, 11) is 0. The van der Waals surface area contributed by atoms with E-state index in [0.29, 0.717) is 11.5 Å². The van der Waals surface area contributed by atoms with Crippen molar-refractivity contribution in [2.75, 3.05) is 0 Å². The van der Waals surface area contributed by atoms with Crippen molar-refractivity contribution in [2.45, 2.75) is 13.3 Å². The van der Waals surface area contributed by atoms with E-state index in [1.54, 1.807) is 19.3 Å². The van der Waals surface area contributed by atoms with E-state index < -0.39 is 0 Å². The van der Waals surface area contributed by atoms with Gasteiger partial charge in [0.25, 0.3) is 0 Å². The Morgan fingerprint density at radius 3 is 2.92 bits per heavy atom. The van der Waals surface area contributed by atoms with Crippen molar-refractivity contribution in [3.8, 4) is 0 Å². The second-order valence-corrected chi connectivity index (χ2v) is 5.65. The van der Waals surface area contributed by atoms with Crippen LogP contribution >= 0.6 is 0 Å². The first-order valence-electron chi connectivity index (χ1n) is 7.59. The van der Waals surface area contributed by atoms with Gasteiger partial charge in [0, 0.05) is 41.7 Å². The number of hydrogen-bond donors (Lipinski definition) is 1. The number of pyridine rings is 1. The quantitative estimate of drug-likeness (QED) is 0.358. The van der Waals surface area contributed by atoms with E-state index in [1.807, 2.05) is 28.9 Å². The van der Waals surface area contributed by atoms with E-state index in [9.17, 15) is 0 Å². The molecule has 0 unspecified atom stereocenters. The average molecular weight is 317 g/mol. The Kier molecular flexibility index (Phi) is 3.42. The summed E-state index contributed by atoms with van der Waals surface area (Å²) in [5, 5.41) is 13.3. The summed E-state index contributed by atoms with van der Waals surface area (Å²) in [5.41, 5.74) is 4.45. The minimum absolute atomic E-state index is 0.515. The maximum atomic E-state index is 8.95. The summed E-state index contributed by atoms with van der Waals surface area (Å²) >= 11 is 0. The van der Waals surface area contributed by atoms with Gasteiger partial charge in [0.2, 0.25) is 5.78 Å². The van der Waals surface area contributed by atoms with Gasteiger partial charge in [-0.15, -0.1) is 0 Å². The number of rotatable bonds is 3. The molecule has 0 aliphatic carbocycles. The maximum absolute atomic E-state index is 8.95. The van der Waals surface area contributed by atoms with E-state index >= 15 is 0 Å². The van der Waals surface area contributed by atoms with Crippen LogP contribution in [0.5, 0.6) is 0 Å². The molecule has 0 saturated carbocycles. The highest BCUT2D eigenvalue weighted by atomic mass is 16.4. The molecule has 24 heavy (non-hydrogen) atoms. The van der Waals surface area contributed by atoms with Gasteiger partial charge in [0.15, 0.2) is 0 Å². The normalized spacial score (nSPS) is 12.1. The zero-order valence-electron chi connectivity index (χ0n) is 13.1. The number of imidazole rings is 1. The van der Waals surface area contributed by atoms with Gasteiger partial charge >= 0.3 is 0 Å². The van der Waals surface area contributed by atoms with Crippen LogP contribution in [0.25, 0.3) is 16.7 Å². The molecule has 6 heteroatoms. The molecule has 6 nitrogen and oxygen atoms in total. The fourth-order valence-corrected chi connectivity index (χ4v) is 2.74. The monoisotopic (exact) mass is 317 g/mol. The summed E-state index contributed by atoms with van der Waals surface area (Å²) in [5.74, 6) is 0.627. The van der Waals surface area contributed by atoms with Crippen LogP contribution in [0.15, 0.2) is 60.3 Å². The summed E-state index contributed by atoms with van der Waals surface area (Å²) in [6.45, 7) is 1.73. The molecule has 3 heterocycles. The smallest absolute Gasteiger partial charge is 0.233 e. The maximum Gasteiger partial charge on any atom is 0.233 e. The third-order valence-electron chi connectivity index (χ3n) is 4.06. The molecule has 0 fully saturated rings. The van der Waals surface area contributed by atoms with E-state index in [1.165, 1.54) is 5.56 Å². The highest BCUT2D eigenvalue weighted by Crippen LogP contribution is 2.17. The van der Waals surface area contributed by atoms with Gasteiger partial charge < -0.3 is 5.21 Å². The van der Waals surface area contributed by atoms with Gasteiger partial charge in [0.1, 0.15) is 0 Å². The van der Waals surface area contributed by atoms with E-state index in [4.69, 9.17) is 5.21 Å². The second kappa shape index (κ2) is 5.73. The molecule has 0 bridgehead atoms. The zero-order chi connectivity index (χ0) is 16.5. The Hall–Kier alpha value is -3.28. The number of nitrogens with zero attached hydrogens (tertiary/aromatic N) is 5.